The number of amides is 1. The number of furan rings is 1. The van der Waals surface area contributed by atoms with E-state index in [1.165, 1.54) is 18.7 Å². The molecule has 27 heavy (non-hydrogen) atoms. The Balaban J connectivity index is 1.69. The minimum Gasteiger partial charge on any atom is -0.461 e. The molecule has 2 heterocycles. The predicted octanol–water partition coefficient (Wildman–Crippen LogP) is 4.05. The van der Waals surface area contributed by atoms with E-state index in [0.29, 0.717) is 28.0 Å². The summed E-state index contributed by atoms with van der Waals surface area (Å²) in [4.78, 5) is 23.7. The highest BCUT2D eigenvalue weighted by Crippen LogP contribution is 2.28. The van der Waals surface area contributed by atoms with Gasteiger partial charge in [-0.25, -0.2) is 0 Å². The van der Waals surface area contributed by atoms with Crippen molar-refractivity contribution < 1.29 is 14.0 Å². The molecule has 7 nitrogen and oxygen atoms in total. The summed E-state index contributed by atoms with van der Waals surface area (Å²) in [5.74, 6) is 1.21. The van der Waals surface area contributed by atoms with Crippen LogP contribution in [0.1, 0.15) is 37.2 Å². The second-order valence-electron chi connectivity index (χ2n) is 6.22. The van der Waals surface area contributed by atoms with E-state index in [2.05, 4.69) is 15.5 Å². The van der Waals surface area contributed by atoms with Crippen LogP contribution in [0.5, 0.6) is 0 Å². The fourth-order valence-corrected chi connectivity index (χ4v) is 3.43. The van der Waals surface area contributed by atoms with Crippen molar-refractivity contribution in [2.45, 2.75) is 32.0 Å². The van der Waals surface area contributed by atoms with Gasteiger partial charge in [-0.05, 0) is 45.0 Å². The minimum absolute atomic E-state index is 0.0454. The van der Waals surface area contributed by atoms with Crippen molar-refractivity contribution in [1.29, 1.82) is 0 Å². The standard InChI is InChI=1S/C19H20N4O3S/c1-12(2)23-18(16-8-5-9-26-16)21-22-19(23)27-11-17(25)20-15-7-4-6-14(10-15)13(3)24/h4-10,12H,11H2,1-3H3,(H,20,25). The quantitative estimate of drug-likeness (QED) is 0.488. The topological polar surface area (TPSA) is 90.0 Å². The zero-order valence-corrected chi connectivity index (χ0v) is 16.1. The van der Waals surface area contributed by atoms with Gasteiger partial charge in [-0.15, -0.1) is 10.2 Å². The van der Waals surface area contributed by atoms with Crippen molar-refractivity contribution in [3.8, 4) is 11.6 Å². The average molecular weight is 384 g/mol. The van der Waals surface area contributed by atoms with Gasteiger partial charge in [0, 0.05) is 17.3 Å². The van der Waals surface area contributed by atoms with Crippen molar-refractivity contribution in [2.24, 2.45) is 0 Å². The molecule has 140 valence electrons. The molecule has 0 bridgehead atoms. The van der Waals surface area contributed by atoms with Gasteiger partial charge in [-0.3, -0.25) is 14.2 Å². The van der Waals surface area contributed by atoms with Crippen LogP contribution in [0.4, 0.5) is 5.69 Å². The lowest BCUT2D eigenvalue weighted by molar-refractivity contribution is -0.113. The molecule has 1 amide bonds. The number of hydrogen-bond donors (Lipinski definition) is 1. The van der Waals surface area contributed by atoms with Crippen LogP contribution in [0.3, 0.4) is 0 Å². The molecule has 0 aliphatic heterocycles. The second kappa shape index (κ2) is 8.22. The first-order valence-corrected chi connectivity index (χ1v) is 9.46. The van der Waals surface area contributed by atoms with E-state index in [4.69, 9.17) is 4.42 Å². The molecule has 0 unspecified atom stereocenters. The van der Waals surface area contributed by atoms with Gasteiger partial charge in [0.2, 0.25) is 11.7 Å². The number of Topliss-reactive ketones (excluding diaryl/α,β-unsaturated/α-hetero) is 1. The normalized spacial score (nSPS) is 11.0. The van der Waals surface area contributed by atoms with Gasteiger partial charge in [-0.1, -0.05) is 23.9 Å². The maximum Gasteiger partial charge on any atom is 0.234 e. The summed E-state index contributed by atoms with van der Waals surface area (Å²) in [5.41, 5.74) is 1.15. The second-order valence-corrected chi connectivity index (χ2v) is 7.16. The Morgan fingerprint density at radius 3 is 2.70 bits per heavy atom. The SMILES string of the molecule is CC(=O)c1cccc(NC(=O)CSc2nnc(-c3ccco3)n2C(C)C)c1. The highest BCUT2D eigenvalue weighted by molar-refractivity contribution is 7.99. The van der Waals surface area contributed by atoms with Gasteiger partial charge in [0.25, 0.3) is 0 Å². The van der Waals surface area contributed by atoms with Gasteiger partial charge in [0.1, 0.15) is 0 Å². The molecule has 0 aliphatic carbocycles. The van der Waals surface area contributed by atoms with Crippen LogP contribution >= 0.6 is 11.8 Å². The highest BCUT2D eigenvalue weighted by Gasteiger charge is 2.19. The molecule has 0 fully saturated rings. The summed E-state index contributed by atoms with van der Waals surface area (Å²) in [6, 6.07) is 10.6. The Hall–Kier alpha value is -2.87. The van der Waals surface area contributed by atoms with Crippen LogP contribution in [-0.4, -0.2) is 32.2 Å². The maximum atomic E-state index is 12.3. The van der Waals surface area contributed by atoms with E-state index in [9.17, 15) is 9.59 Å². The summed E-state index contributed by atoms with van der Waals surface area (Å²) in [6.45, 7) is 5.53. The Morgan fingerprint density at radius 2 is 2.04 bits per heavy atom. The molecule has 1 aromatic carbocycles. The smallest absolute Gasteiger partial charge is 0.234 e. The predicted molar refractivity (Wildman–Crippen MR) is 104 cm³/mol. The third kappa shape index (κ3) is 4.46. The van der Waals surface area contributed by atoms with Crippen molar-refractivity contribution in [2.75, 3.05) is 11.1 Å². The average Bonchev–Trinajstić information content (AvgIpc) is 3.29. The Bertz CT molecular complexity index is 948. The lowest BCUT2D eigenvalue weighted by atomic mass is 10.1. The lowest BCUT2D eigenvalue weighted by Crippen LogP contribution is -2.15. The summed E-state index contributed by atoms with van der Waals surface area (Å²) in [5, 5.41) is 11.8. The number of carbonyl (C=O) groups excluding carboxylic acids is 2. The number of aromatic nitrogens is 3. The van der Waals surface area contributed by atoms with Crippen molar-refractivity contribution in [1.82, 2.24) is 14.8 Å². The third-order valence-corrected chi connectivity index (χ3v) is 4.75. The third-order valence-electron chi connectivity index (χ3n) is 3.81. The number of nitrogens with one attached hydrogen (secondary N) is 1. The Labute approximate surface area is 161 Å². The zero-order chi connectivity index (χ0) is 19.4. The molecule has 0 saturated carbocycles. The van der Waals surface area contributed by atoms with Gasteiger partial charge in [0.15, 0.2) is 16.7 Å². The van der Waals surface area contributed by atoms with E-state index in [0.717, 1.165) is 0 Å². The van der Waals surface area contributed by atoms with Crippen molar-refractivity contribution in [3.63, 3.8) is 0 Å². The van der Waals surface area contributed by atoms with E-state index >= 15 is 0 Å². The molecule has 0 atom stereocenters. The van der Waals surface area contributed by atoms with E-state index < -0.39 is 0 Å². The van der Waals surface area contributed by atoms with Crippen LogP contribution in [0.15, 0.2) is 52.2 Å². The highest BCUT2D eigenvalue weighted by atomic mass is 32.2. The fraction of sp³-hybridized carbons (Fsp3) is 0.263. The van der Waals surface area contributed by atoms with Crippen LogP contribution in [0, 0.1) is 0 Å². The number of ketones is 1. The summed E-state index contributed by atoms with van der Waals surface area (Å²) in [6.07, 6.45) is 1.59. The van der Waals surface area contributed by atoms with Crippen LogP contribution < -0.4 is 5.32 Å². The molecule has 3 aromatic rings. The monoisotopic (exact) mass is 384 g/mol. The van der Waals surface area contributed by atoms with Crippen LogP contribution in [0.25, 0.3) is 11.6 Å². The minimum atomic E-state index is -0.182. The number of carbonyl (C=O) groups is 2. The zero-order valence-electron chi connectivity index (χ0n) is 15.3. The molecule has 3 rings (SSSR count). The summed E-state index contributed by atoms with van der Waals surface area (Å²) >= 11 is 1.30. The van der Waals surface area contributed by atoms with Gasteiger partial charge in [0.05, 0.1) is 12.0 Å². The first kappa shape index (κ1) is 18.9. The summed E-state index contributed by atoms with van der Waals surface area (Å²) in [7, 11) is 0. The number of anilines is 1. The largest absolute Gasteiger partial charge is 0.461 e. The molecule has 8 heteroatoms. The van der Waals surface area contributed by atoms with Gasteiger partial charge >= 0.3 is 0 Å². The van der Waals surface area contributed by atoms with Crippen LogP contribution in [-0.2, 0) is 4.79 Å². The number of hydrogen-bond acceptors (Lipinski definition) is 6. The van der Waals surface area contributed by atoms with E-state index in [1.807, 2.05) is 24.5 Å². The van der Waals surface area contributed by atoms with E-state index in [-0.39, 0.29) is 23.5 Å². The number of benzene rings is 1. The molecule has 0 radical (unpaired) electrons. The number of rotatable bonds is 7. The Morgan fingerprint density at radius 1 is 1.22 bits per heavy atom. The molecular weight excluding hydrogens is 364 g/mol. The fourth-order valence-electron chi connectivity index (χ4n) is 2.56. The summed E-state index contributed by atoms with van der Waals surface area (Å²) < 4.78 is 7.36. The lowest BCUT2D eigenvalue weighted by Gasteiger charge is -2.12. The van der Waals surface area contributed by atoms with Gasteiger partial charge < -0.3 is 9.73 Å². The van der Waals surface area contributed by atoms with Crippen LogP contribution in [0.2, 0.25) is 0 Å². The number of nitrogens with zero attached hydrogens (tertiary/aromatic N) is 3. The first-order valence-electron chi connectivity index (χ1n) is 8.48. The molecular formula is C19H20N4O3S. The molecule has 0 saturated heterocycles. The molecule has 0 spiro atoms. The number of thioether (sulfide) groups is 1. The Kier molecular flexibility index (Phi) is 5.75. The van der Waals surface area contributed by atoms with Crippen molar-refractivity contribution in [3.05, 3.63) is 48.2 Å². The van der Waals surface area contributed by atoms with Crippen molar-refractivity contribution >= 4 is 29.1 Å². The molecule has 2 aromatic heterocycles. The van der Waals surface area contributed by atoms with E-state index in [1.54, 1.807) is 36.6 Å². The molecule has 1 N–H and O–H groups in total. The maximum absolute atomic E-state index is 12.3. The van der Waals surface area contributed by atoms with Gasteiger partial charge in [-0.2, -0.15) is 0 Å². The molecule has 0 aliphatic rings. The first-order chi connectivity index (χ1) is 13.0.